The second kappa shape index (κ2) is 8.56. The average Bonchev–Trinajstić information content (AvgIpc) is 2.89. The van der Waals surface area contributed by atoms with Crippen LogP contribution in [-0.4, -0.2) is 41.3 Å². The van der Waals surface area contributed by atoms with Crippen LogP contribution >= 0.6 is 7.82 Å². The lowest BCUT2D eigenvalue weighted by Crippen LogP contribution is -2.44. The molecule has 26 heavy (non-hydrogen) atoms. The fraction of sp³-hybridized carbons (Fsp3) is 0.538. The van der Waals surface area contributed by atoms with Gasteiger partial charge in [0.1, 0.15) is 11.7 Å². The molecule has 1 aliphatic heterocycles. The highest BCUT2D eigenvalue weighted by Crippen LogP contribution is 2.37. The molecule has 1 fully saturated rings. The maximum atomic E-state index is 11.4. The highest BCUT2D eigenvalue weighted by Gasteiger charge is 2.48. The number of phosphoric acid groups is 1. The third kappa shape index (κ3) is 5.23. The summed E-state index contributed by atoms with van der Waals surface area (Å²) in [5.41, 5.74) is 13.9. The van der Waals surface area contributed by atoms with Crippen molar-refractivity contribution in [3.8, 4) is 0 Å². The number of ether oxygens (including phenoxy) is 1. The van der Waals surface area contributed by atoms with Gasteiger partial charge in [0, 0.05) is 17.5 Å². The second-order valence-corrected chi connectivity index (χ2v) is 6.83. The van der Waals surface area contributed by atoms with Crippen molar-refractivity contribution in [3.63, 3.8) is 0 Å². The van der Waals surface area contributed by atoms with Crippen molar-refractivity contribution < 1.29 is 38.1 Å². The minimum Gasteiger partial charge on any atom is -0.756 e. The molecule has 1 unspecified atom stereocenters. The van der Waals surface area contributed by atoms with Gasteiger partial charge in [-0.1, -0.05) is 5.11 Å². The molecule has 0 aliphatic carbocycles. The zero-order chi connectivity index (χ0) is 19.3. The number of azide groups is 1. The summed E-state index contributed by atoms with van der Waals surface area (Å²) in [5.74, 6) is -1.25. The van der Waals surface area contributed by atoms with Crippen LogP contribution in [0.25, 0.3) is 10.4 Å². The molecule has 5 atom stereocenters. The van der Waals surface area contributed by atoms with E-state index in [1.807, 2.05) is 0 Å². The number of aromatic nitrogens is 1. The summed E-state index contributed by atoms with van der Waals surface area (Å²) < 4.78 is 22.2. The summed E-state index contributed by atoms with van der Waals surface area (Å²) in [6.07, 6.45) is 0.220. The quantitative estimate of drug-likeness (QED) is 0.169. The molecule has 1 saturated heterocycles. The van der Waals surface area contributed by atoms with Crippen LogP contribution < -0.4 is 15.2 Å². The van der Waals surface area contributed by atoms with E-state index in [1.165, 1.54) is 16.8 Å². The normalized spacial score (nSPS) is 27.5. The van der Waals surface area contributed by atoms with Gasteiger partial charge in [0.05, 0.1) is 18.6 Å². The average molecular weight is 387 g/mol. The van der Waals surface area contributed by atoms with Crippen molar-refractivity contribution in [3.05, 3.63) is 40.5 Å². The SMILES string of the molecule is [N-]=[N+]=NCC[C@@H]1[C@H](O)[C@@H](COP(=O)([O-])O)O[C@H]1[n+]1cccc(C(N)=O)c1. The Morgan fingerprint density at radius 3 is 2.96 bits per heavy atom. The van der Waals surface area contributed by atoms with Gasteiger partial charge in [0.15, 0.2) is 12.4 Å². The topological polar surface area (TPSA) is 195 Å². The van der Waals surface area contributed by atoms with E-state index in [0.717, 1.165) is 0 Å². The van der Waals surface area contributed by atoms with Gasteiger partial charge >= 0.3 is 0 Å². The molecule has 0 bridgehead atoms. The number of carbonyl (C=O) groups is 1. The lowest BCUT2D eigenvalue weighted by atomic mass is 9.96. The number of amides is 1. The predicted octanol–water partition coefficient (Wildman–Crippen LogP) is -0.875. The number of pyridine rings is 1. The molecule has 0 spiro atoms. The van der Waals surface area contributed by atoms with E-state index in [0.29, 0.717) is 0 Å². The number of hydrogen-bond donors (Lipinski definition) is 3. The Kier molecular flexibility index (Phi) is 6.68. The first kappa shape index (κ1) is 20.3. The maximum absolute atomic E-state index is 11.4. The lowest BCUT2D eigenvalue weighted by Gasteiger charge is -2.20. The minimum absolute atomic E-state index is 0.0712. The largest absolute Gasteiger partial charge is 0.756 e. The predicted molar refractivity (Wildman–Crippen MR) is 83.0 cm³/mol. The number of hydrogen-bond acceptors (Lipinski definition) is 7. The molecule has 12 nitrogen and oxygen atoms in total. The van der Waals surface area contributed by atoms with Crippen LogP contribution in [0.1, 0.15) is 23.0 Å². The Morgan fingerprint density at radius 1 is 1.62 bits per heavy atom. The van der Waals surface area contributed by atoms with E-state index < -0.39 is 44.7 Å². The van der Waals surface area contributed by atoms with Crippen molar-refractivity contribution >= 4 is 13.7 Å². The zero-order valence-corrected chi connectivity index (χ0v) is 14.4. The fourth-order valence-corrected chi connectivity index (χ4v) is 3.10. The summed E-state index contributed by atoms with van der Waals surface area (Å²) in [5, 5.41) is 13.9. The number of aliphatic hydroxyl groups excluding tert-OH is 1. The lowest BCUT2D eigenvalue weighted by molar-refractivity contribution is -0.766. The highest BCUT2D eigenvalue weighted by molar-refractivity contribution is 7.44. The third-order valence-electron chi connectivity index (χ3n) is 3.93. The van der Waals surface area contributed by atoms with E-state index in [9.17, 15) is 19.4 Å². The number of rotatable bonds is 8. The Bertz CT molecular complexity index is 750. The number of primary amides is 1. The van der Waals surface area contributed by atoms with Gasteiger partial charge < -0.3 is 29.9 Å². The maximum Gasteiger partial charge on any atom is 0.268 e. The molecule has 1 aromatic rings. The molecule has 1 aromatic heterocycles. The molecule has 0 radical (unpaired) electrons. The molecular weight excluding hydrogens is 369 g/mol. The Morgan fingerprint density at radius 2 is 2.35 bits per heavy atom. The van der Waals surface area contributed by atoms with Gasteiger partial charge in [-0.15, -0.1) is 0 Å². The Balaban J connectivity index is 2.24. The fourth-order valence-electron chi connectivity index (χ4n) is 2.76. The van der Waals surface area contributed by atoms with Crippen molar-refractivity contribution in [2.24, 2.45) is 16.8 Å². The van der Waals surface area contributed by atoms with Crippen molar-refractivity contribution in [1.82, 2.24) is 0 Å². The van der Waals surface area contributed by atoms with Gasteiger partial charge in [-0.05, 0) is 18.0 Å². The van der Waals surface area contributed by atoms with Crippen molar-refractivity contribution in [2.75, 3.05) is 13.2 Å². The molecule has 2 rings (SSSR count). The molecule has 2 heterocycles. The number of nitrogens with zero attached hydrogens (tertiary/aromatic N) is 4. The summed E-state index contributed by atoms with van der Waals surface area (Å²) in [6.45, 7) is -0.523. The minimum atomic E-state index is -4.98. The smallest absolute Gasteiger partial charge is 0.268 e. The van der Waals surface area contributed by atoms with E-state index >= 15 is 0 Å². The number of carbonyl (C=O) groups excluding carboxylic acids is 1. The first-order chi connectivity index (χ1) is 12.2. The van der Waals surface area contributed by atoms with E-state index in [1.54, 1.807) is 12.3 Å². The van der Waals surface area contributed by atoms with E-state index in [4.69, 9.17) is 20.9 Å². The van der Waals surface area contributed by atoms with Crippen LogP contribution in [-0.2, 0) is 13.8 Å². The number of aliphatic hydroxyl groups is 1. The number of nitrogens with two attached hydrogens (primary N) is 1. The highest BCUT2D eigenvalue weighted by atomic mass is 31.2. The van der Waals surface area contributed by atoms with Crippen LogP contribution in [0.2, 0.25) is 0 Å². The van der Waals surface area contributed by atoms with E-state index in [-0.39, 0.29) is 18.5 Å². The van der Waals surface area contributed by atoms with Gasteiger partial charge in [0.2, 0.25) is 0 Å². The summed E-state index contributed by atoms with van der Waals surface area (Å²) in [7, 11) is -4.98. The summed E-state index contributed by atoms with van der Waals surface area (Å²) in [6, 6.07) is 3.06. The molecular formula is C13H18N5O7P. The van der Waals surface area contributed by atoms with Crippen LogP contribution in [0.5, 0.6) is 0 Å². The van der Waals surface area contributed by atoms with Crippen LogP contribution in [0.15, 0.2) is 29.6 Å². The first-order valence-corrected chi connectivity index (χ1v) is 9.06. The molecule has 0 saturated carbocycles. The van der Waals surface area contributed by atoms with Gasteiger partial charge in [-0.25, -0.2) is 0 Å². The molecule has 13 heteroatoms. The van der Waals surface area contributed by atoms with E-state index in [2.05, 4.69) is 14.5 Å². The van der Waals surface area contributed by atoms with Gasteiger partial charge in [-0.3, -0.25) is 9.36 Å². The summed E-state index contributed by atoms with van der Waals surface area (Å²) >= 11 is 0. The standard InChI is InChI=1S/C13H18N5O7P/c14-12(20)8-2-1-5-18(6-8)13-9(3-4-16-17-15)11(19)10(25-13)7-24-26(21,22)23/h1-2,5-6,9-11,13,19H,3-4,7H2,(H3-,14,20,21,22,23)/t9-,10-,11+,13-/m1/s1. The van der Waals surface area contributed by atoms with Crippen LogP contribution in [0, 0.1) is 5.92 Å². The Labute approximate surface area is 148 Å². The molecule has 0 aromatic carbocycles. The monoisotopic (exact) mass is 387 g/mol. The molecule has 1 amide bonds. The van der Waals surface area contributed by atoms with Crippen molar-refractivity contribution in [1.29, 1.82) is 0 Å². The summed E-state index contributed by atoms with van der Waals surface area (Å²) in [4.78, 5) is 33.5. The van der Waals surface area contributed by atoms with Crippen molar-refractivity contribution in [2.45, 2.75) is 24.9 Å². The second-order valence-electron chi connectivity index (χ2n) is 5.63. The van der Waals surface area contributed by atoms with Gasteiger partial charge in [-0.2, -0.15) is 4.57 Å². The number of phosphoric ester groups is 1. The molecule has 142 valence electrons. The molecule has 4 N–H and O–H groups in total. The Hall–Kier alpha value is -2.04. The first-order valence-electron chi connectivity index (χ1n) is 7.56. The third-order valence-corrected chi connectivity index (χ3v) is 4.40. The van der Waals surface area contributed by atoms with Gasteiger partial charge in [0.25, 0.3) is 20.0 Å². The zero-order valence-electron chi connectivity index (χ0n) is 13.5. The molecule has 1 aliphatic rings. The van der Waals surface area contributed by atoms with Crippen LogP contribution in [0.4, 0.5) is 0 Å². The van der Waals surface area contributed by atoms with Crippen LogP contribution in [0.3, 0.4) is 0 Å².